The van der Waals surface area contributed by atoms with E-state index < -0.39 is 6.10 Å². The molecule has 0 heterocycles. The molecular weight excluding hydrogens is 365 g/mol. The Morgan fingerprint density at radius 3 is 2.58 bits per heavy atom. The molecule has 0 fully saturated rings. The van der Waals surface area contributed by atoms with Crippen molar-refractivity contribution in [3.63, 3.8) is 0 Å². The van der Waals surface area contributed by atoms with Crippen LogP contribution in [0.2, 0.25) is 10.0 Å². The van der Waals surface area contributed by atoms with E-state index in [-0.39, 0.29) is 5.91 Å². The van der Waals surface area contributed by atoms with Gasteiger partial charge >= 0.3 is 0 Å². The fraction of sp³-hybridized carbons (Fsp3) is 0.278. The Bertz CT molecular complexity index is 692. The number of nitrogens with one attached hydrogen (secondary N) is 1. The van der Waals surface area contributed by atoms with Crippen molar-refractivity contribution >= 4 is 40.9 Å². The number of hydrogen-bond acceptors (Lipinski definition) is 3. The van der Waals surface area contributed by atoms with Crippen molar-refractivity contribution in [1.82, 2.24) is 5.32 Å². The minimum Gasteiger partial charge on any atom is -0.481 e. The van der Waals surface area contributed by atoms with Crippen LogP contribution >= 0.6 is 35.0 Å². The summed E-state index contributed by atoms with van der Waals surface area (Å²) in [7, 11) is 0. The smallest absolute Gasteiger partial charge is 0.260 e. The molecule has 0 aliphatic rings. The standard InChI is InChI=1S/C18H19Cl2NO2S/c1-12-11-15(5-8-17(12)20)23-13(2)18(22)21-9-10-24-16-6-3-14(19)4-7-16/h3-8,11,13H,9-10H2,1-2H3,(H,21,22). The Morgan fingerprint density at radius 2 is 1.92 bits per heavy atom. The Labute approximate surface area is 156 Å². The quantitative estimate of drug-likeness (QED) is 0.541. The predicted molar refractivity (Wildman–Crippen MR) is 101 cm³/mol. The zero-order valence-corrected chi connectivity index (χ0v) is 15.8. The van der Waals surface area contributed by atoms with Gasteiger partial charge in [0, 0.05) is 27.2 Å². The molecule has 1 N–H and O–H groups in total. The topological polar surface area (TPSA) is 38.3 Å². The van der Waals surface area contributed by atoms with E-state index in [0.29, 0.717) is 17.3 Å². The zero-order chi connectivity index (χ0) is 17.5. The summed E-state index contributed by atoms with van der Waals surface area (Å²) in [5.41, 5.74) is 0.918. The average Bonchev–Trinajstić information content (AvgIpc) is 2.56. The minimum absolute atomic E-state index is 0.140. The average molecular weight is 384 g/mol. The van der Waals surface area contributed by atoms with Gasteiger partial charge in [0.25, 0.3) is 5.91 Å². The van der Waals surface area contributed by atoms with Gasteiger partial charge in [-0.25, -0.2) is 0 Å². The molecule has 0 aromatic heterocycles. The van der Waals surface area contributed by atoms with Crippen molar-refractivity contribution in [3.8, 4) is 5.75 Å². The largest absolute Gasteiger partial charge is 0.481 e. The summed E-state index contributed by atoms with van der Waals surface area (Å²) >= 11 is 13.5. The maximum Gasteiger partial charge on any atom is 0.260 e. The number of halogens is 2. The summed E-state index contributed by atoms with van der Waals surface area (Å²) in [6, 6.07) is 13.0. The van der Waals surface area contributed by atoms with E-state index in [1.54, 1.807) is 30.8 Å². The molecule has 0 aliphatic carbocycles. The van der Waals surface area contributed by atoms with E-state index >= 15 is 0 Å². The molecule has 2 aromatic rings. The highest BCUT2D eigenvalue weighted by atomic mass is 35.5. The number of carbonyl (C=O) groups excluding carboxylic acids is 1. The molecule has 0 bridgehead atoms. The maximum atomic E-state index is 12.1. The lowest BCUT2D eigenvalue weighted by atomic mass is 10.2. The lowest BCUT2D eigenvalue weighted by Gasteiger charge is -2.15. The minimum atomic E-state index is -0.564. The Kier molecular flexibility index (Phi) is 7.28. The molecule has 128 valence electrons. The summed E-state index contributed by atoms with van der Waals surface area (Å²) in [4.78, 5) is 13.2. The van der Waals surface area contributed by atoms with Crippen LogP contribution in [0, 0.1) is 6.92 Å². The third-order valence-corrected chi connectivity index (χ3v) is 4.98. The van der Waals surface area contributed by atoms with Crippen LogP contribution in [0.5, 0.6) is 5.75 Å². The number of ether oxygens (including phenoxy) is 1. The molecule has 0 aliphatic heterocycles. The number of thioether (sulfide) groups is 1. The summed E-state index contributed by atoms with van der Waals surface area (Å²) in [5, 5.41) is 4.27. The van der Waals surface area contributed by atoms with Gasteiger partial charge in [-0.2, -0.15) is 0 Å². The molecule has 0 saturated carbocycles. The summed E-state index contributed by atoms with van der Waals surface area (Å²) < 4.78 is 5.65. The molecule has 2 rings (SSSR count). The number of hydrogen-bond donors (Lipinski definition) is 1. The van der Waals surface area contributed by atoms with Gasteiger partial charge in [-0.1, -0.05) is 23.2 Å². The lowest BCUT2D eigenvalue weighted by Crippen LogP contribution is -2.37. The van der Waals surface area contributed by atoms with Gasteiger partial charge in [0.2, 0.25) is 0 Å². The first-order chi connectivity index (χ1) is 11.5. The van der Waals surface area contributed by atoms with Crippen molar-refractivity contribution in [2.45, 2.75) is 24.8 Å². The second-order valence-corrected chi connectivity index (χ2v) is 7.28. The SMILES string of the molecule is Cc1cc(OC(C)C(=O)NCCSc2ccc(Cl)cc2)ccc1Cl. The lowest BCUT2D eigenvalue weighted by molar-refractivity contribution is -0.127. The molecule has 1 unspecified atom stereocenters. The second-order valence-electron chi connectivity index (χ2n) is 5.26. The normalized spacial score (nSPS) is 11.8. The fourth-order valence-electron chi connectivity index (χ4n) is 1.97. The van der Waals surface area contributed by atoms with Crippen molar-refractivity contribution in [1.29, 1.82) is 0 Å². The fourth-order valence-corrected chi connectivity index (χ4v) is 2.98. The molecule has 1 amide bonds. The zero-order valence-electron chi connectivity index (χ0n) is 13.5. The molecule has 0 spiro atoms. The molecular formula is C18H19Cl2NO2S. The number of benzene rings is 2. The van der Waals surface area contributed by atoms with Crippen LogP contribution in [0.1, 0.15) is 12.5 Å². The van der Waals surface area contributed by atoms with Gasteiger partial charge in [-0.3, -0.25) is 4.79 Å². The maximum absolute atomic E-state index is 12.1. The van der Waals surface area contributed by atoms with E-state index in [2.05, 4.69) is 5.32 Å². The van der Waals surface area contributed by atoms with Crippen LogP contribution in [-0.4, -0.2) is 24.3 Å². The number of amides is 1. The summed E-state index contributed by atoms with van der Waals surface area (Å²) in [6.07, 6.45) is -0.564. The van der Waals surface area contributed by atoms with E-state index in [0.717, 1.165) is 21.2 Å². The highest BCUT2D eigenvalue weighted by Crippen LogP contribution is 2.22. The molecule has 0 radical (unpaired) electrons. The summed E-state index contributed by atoms with van der Waals surface area (Å²) in [6.45, 7) is 4.19. The van der Waals surface area contributed by atoms with Crippen LogP contribution in [-0.2, 0) is 4.79 Å². The number of carbonyl (C=O) groups is 1. The molecule has 0 saturated heterocycles. The van der Waals surface area contributed by atoms with Crippen LogP contribution in [0.4, 0.5) is 0 Å². The Hall–Kier alpha value is -1.36. The van der Waals surface area contributed by atoms with E-state index in [9.17, 15) is 4.79 Å². The first-order valence-electron chi connectivity index (χ1n) is 7.54. The van der Waals surface area contributed by atoms with Gasteiger partial charge in [0.05, 0.1) is 0 Å². The highest BCUT2D eigenvalue weighted by Gasteiger charge is 2.14. The van der Waals surface area contributed by atoms with Gasteiger partial charge < -0.3 is 10.1 Å². The van der Waals surface area contributed by atoms with Crippen molar-refractivity contribution < 1.29 is 9.53 Å². The first-order valence-corrected chi connectivity index (χ1v) is 9.29. The van der Waals surface area contributed by atoms with E-state index in [4.69, 9.17) is 27.9 Å². The Morgan fingerprint density at radius 1 is 1.21 bits per heavy atom. The molecule has 24 heavy (non-hydrogen) atoms. The molecule has 2 aromatic carbocycles. The van der Waals surface area contributed by atoms with Crippen molar-refractivity contribution in [2.24, 2.45) is 0 Å². The van der Waals surface area contributed by atoms with Gasteiger partial charge in [-0.05, 0) is 61.9 Å². The number of rotatable bonds is 7. The molecule has 1 atom stereocenters. The van der Waals surface area contributed by atoms with Gasteiger partial charge in [0.1, 0.15) is 5.75 Å². The van der Waals surface area contributed by atoms with E-state index in [1.807, 2.05) is 37.3 Å². The third-order valence-electron chi connectivity index (χ3n) is 3.30. The van der Waals surface area contributed by atoms with Crippen molar-refractivity contribution in [3.05, 3.63) is 58.1 Å². The van der Waals surface area contributed by atoms with Crippen molar-refractivity contribution in [2.75, 3.05) is 12.3 Å². The third kappa shape index (κ3) is 5.93. The van der Waals surface area contributed by atoms with Crippen LogP contribution in [0.3, 0.4) is 0 Å². The Balaban J connectivity index is 1.73. The van der Waals surface area contributed by atoms with Gasteiger partial charge in [0.15, 0.2) is 6.10 Å². The number of aryl methyl sites for hydroxylation is 1. The molecule has 6 heteroatoms. The summed E-state index contributed by atoms with van der Waals surface area (Å²) in [5.74, 6) is 1.27. The van der Waals surface area contributed by atoms with Crippen LogP contribution in [0.25, 0.3) is 0 Å². The molecule has 3 nitrogen and oxygen atoms in total. The van der Waals surface area contributed by atoms with Crippen LogP contribution in [0.15, 0.2) is 47.4 Å². The predicted octanol–water partition coefficient (Wildman–Crippen LogP) is 4.98. The van der Waals surface area contributed by atoms with Crippen LogP contribution < -0.4 is 10.1 Å². The van der Waals surface area contributed by atoms with E-state index in [1.165, 1.54) is 0 Å². The second kappa shape index (κ2) is 9.21. The highest BCUT2D eigenvalue weighted by molar-refractivity contribution is 7.99. The van der Waals surface area contributed by atoms with Gasteiger partial charge in [-0.15, -0.1) is 11.8 Å². The monoisotopic (exact) mass is 383 g/mol. The first kappa shape index (κ1) is 19.0.